The summed E-state index contributed by atoms with van der Waals surface area (Å²) in [4.78, 5) is 24.6. The minimum absolute atomic E-state index is 0.207. The van der Waals surface area contributed by atoms with Crippen LogP contribution in [0.25, 0.3) is 0 Å². The summed E-state index contributed by atoms with van der Waals surface area (Å²) in [5.74, 6) is 1.43. The lowest BCUT2D eigenvalue weighted by Gasteiger charge is -2.09. The third-order valence-electron chi connectivity index (χ3n) is 3.69. The van der Waals surface area contributed by atoms with Crippen molar-refractivity contribution in [1.82, 2.24) is 20.3 Å². The van der Waals surface area contributed by atoms with E-state index in [2.05, 4.69) is 20.3 Å². The van der Waals surface area contributed by atoms with E-state index in [-0.39, 0.29) is 12.5 Å². The zero-order chi connectivity index (χ0) is 18.4. The molecule has 1 aromatic carbocycles. The van der Waals surface area contributed by atoms with Crippen LogP contribution in [-0.4, -0.2) is 20.9 Å². The molecule has 2 heterocycles. The van der Waals surface area contributed by atoms with E-state index in [9.17, 15) is 4.79 Å². The van der Waals surface area contributed by atoms with Gasteiger partial charge < -0.3 is 15.8 Å². The number of hydrogen-bond donors (Lipinski definition) is 2. The lowest BCUT2D eigenvalue weighted by molar-refractivity contribution is 0.0951. The van der Waals surface area contributed by atoms with Gasteiger partial charge in [-0.15, -0.1) is 0 Å². The molecule has 7 heteroatoms. The lowest BCUT2D eigenvalue weighted by atomic mass is 10.2. The Balaban J connectivity index is 1.55. The van der Waals surface area contributed by atoms with Crippen LogP contribution in [0.3, 0.4) is 0 Å². The Morgan fingerprint density at radius 3 is 2.65 bits per heavy atom. The van der Waals surface area contributed by atoms with Crippen molar-refractivity contribution in [2.45, 2.75) is 20.1 Å². The molecule has 0 aliphatic carbocycles. The van der Waals surface area contributed by atoms with E-state index in [1.165, 1.54) is 0 Å². The van der Waals surface area contributed by atoms with Gasteiger partial charge in [0.05, 0.1) is 5.69 Å². The van der Waals surface area contributed by atoms with Gasteiger partial charge in [0.15, 0.2) is 0 Å². The van der Waals surface area contributed by atoms with E-state index in [4.69, 9.17) is 10.5 Å². The first-order valence-electron chi connectivity index (χ1n) is 8.11. The maximum atomic E-state index is 12.2. The summed E-state index contributed by atoms with van der Waals surface area (Å²) in [6.45, 7) is 2.40. The first-order valence-corrected chi connectivity index (χ1v) is 8.11. The molecule has 1 amide bonds. The van der Waals surface area contributed by atoms with E-state index >= 15 is 0 Å². The number of hydrogen-bond acceptors (Lipinski definition) is 6. The summed E-state index contributed by atoms with van der Waals surface area (Å²) in [5, 5.41) is 2.80. The molecule has 0 radical (unpaired) electrons. The van der Waals surface area contributed by atoms with Gasteiger partial charge in [-0.2, -0.15) is 0 Å². The molecule has 0 bridgehead atoms. The van der Waals surface area contributed by atoms with Crippen molar-refractivity contribution >= 4 is 11.7 Å². The highest BCUT2D eigenvalue weighted by Gasteiger charge is 2.08. The second kappa shape index (κ2) is 8.06. The third-order valence-corrected chi connectivity index (χ3v) is 3.69. The van der Waals surface area contributed by atoms with Gasteiger partial charge in [-0.05, 0) is 43.3 Å². The summed E-state index contributed by atoms with van der Waals surface area (Å²) >= 11 is 0. The van der Waals surface area contributed by atoms with E-state index in [0.29, 0.717) is 35.1 Å². The highest BCUT2D eigenvalue weighted by molar-refractivity contribution is 5.94. The highest BCUT2D eigenvalue weighted by Crippen LogP contribution is 2.14. The minimum atomic E-state index is -0.207. The zero-order valence-electron chi connectivity index (χ0n) is 14.3. The zero-order valence-corrected chi connectivity index (χ0v) is 14.3. The molecule has 7 nitrogen and oxygen atoms in total. The maximum Gasteiger partial charge on any atom is 0.251 e. The van der Waals surface area contributed by atoms with Crippen molar-refractivity contribution in [1.29, 1.82) is 0 Å². The molecule has 2 aromatic heterocycles. The van der Waals surface area contributed by atoms with Crippen LogP contribution in [0, 0.1) is 6.92 Å². The number of carbonyl (C=O) groups is 1. The van der Waals surface area contributed by atoms with E-state index in [1.807, 2.05) is 18.2 Å². The number of anilines is 1. The van der Waals surface area contributed by atoms with Gasteiger partial charge in [0.2, 0.25) is 0 Å². The number of aromatic nitrogens is 3. The van der Waals surface area contributed by atoms with Crippen LogP contribution < -0.4 is 15.8 Å². The Bertz CT molecular complexity index is 882. The van der Waals surface area contributed by atoms with Crippen LogP contribution in [0.1, 0.15) is 27.4 Å². The molecular weight excluding hydrogens is 330 g/mol. The van der Waals surface area contributed by atoms with Gasteiger partial charge in [-0.25, -0.2) is 9.97 Å². The molecule has 0 atom stereocenters. The quantitative estimate of drug-likeness (QED) is 0.708. The monoisotopic (exact) mass is 349 g/mol. The van der Waals surface area contributed by atoms with Gasteiger partial charge in [-0.1, -0.05) is 6.07 Å². The number of benzene rings is 1. The Kier molecular flexibility index (Phi) is 5.38. The fourth-order valence-corrected chi connectivity index (χ4v) is 2.27. The summed E-state index contributed by atoms with van der Waals surface area (Å²) in [7, 11) is 0. The fraction of sp³-hybridized carbons (Fsp3) is 0.158. The van der Waals surface area contributed by atoms with Crippen LogP contribution >= 0.6 is 0 Å². The van der Waals surface area contributed by atoms with Crippen molar-refractivity contribution in [2.24, 2.45) is 0 Å². The Labute approximate surface area is 151 Å². The molecule has 0 saturated carbocycles. The number of pyridine rings is 1. The summed E-state index contributed by atoms with van der Waals surface area (Å²) in [6, 6.07) is 12.6. The van der Waals surface area contributed by atoms with Gasteiger partial charge >= 0.3 is 0 Å². The second-order valence-electron chi connectivity index (χ2n) is 5.64. The van der Waals surface area contributed by atoms with Gasteiger partial charge in [0.25, 0.3) is 5.91 Å². The van der Waals surface area contributed by atoms with Crippen LogP contribution in [0.4, 0.5) is 5.82 Å². The third kappa shape index (κ3) is 4.54. The van der Waals surface area contributed by atoms with Crippen LogP contribution in [0.5, 0.6) is 5.75 Å². The average molecular weight is 349 g/mol. The van der Waals surface area contributed by atoms with Crippen molar-refractivity contribution < 1.29 is 9.53 Å². The SMILES string of the molecule is Cc1ncc(CNC(=O)c2ccc(OCc3ccccn3)cc2)c(N)n1. The van der Waals surface area contributed by atoms with Crippen LogP contribution in [-0.2, 0) is 13.2 Å². The molecule has 0 aliphatic heterocycles. The smallest absolute Gasteiger partial charge is 0.251 e. The normalized spacial score (nSPS) is 10.3. The molecule has 3 rings (SSSR count). The lowest BCUT2D eigenvalue weighted by Crippen LogP contribution is -2.23. The van der Waals surface area contributed by atoms with Gasteiger partial charge in [-0.3, -0.25) is 9.78 Å². The number of ether oxygens (including phenoxy) is 1. The number of carbonyl (C=O) groups excluding carboxylic acids is 1. The van der Waals surface area contributed by atoms with Crippen LogP contribution in [0.2, 0.25) is 0 Å². The molecule has 0 fully saturated rings. The Hall–Kier alpha value is -3.48. The summed E-state index contributed by atoms with van der Waals surface area (Å²) in [5.41, 5.74) is 7.87. The number of nitrogen functional groups attached to an aromatic ring is 1. The molecule has 0 unspecified atom stereocenters. The first-order chi connectivity index (χ1) is 12.6. The predicted molar refractivity (Wildman–Crippen MR) is 97.4 cm³/mol. The summed E-state index contributed by atoms with van der Waals surface area (Å²) in [6.07, 6.45) is 3.34. The van der Waals surface area contributed by atoms with Gasteiger partial charge in [0.1, 0.15) is 24.0 Å². The van der Waals surface area contributed by atoms with E-state index in [1.54, 1.807) is 43.6 Å². The van der Waals surface area contributed by atoms with Crippen molar-refractivity contribution in [2.75, 3.05) is 5.73 Å². The van der Waals surface area contributed by atoms with Crippen molar-refractivity contribution in [3.63, 3.8) is 0 Å². The first kappa shape index (κ1) is 17.3. The Morgan fingerprint density at radius 1 is 1.15 bits per heavy atom. The molecule has 3 N–H and O–H groups in total. The topological polar surface area (TPSA) is 103 Å². The predicted octanol–water partition coefficient (Wildman–Crippen LogP) is 2.27. The second-order valence-corrected chi connectivity index (χ2v) is 5.64. The number of rotatable bonds is 6. The van der Waals surface area contributed by atoms with Crippen molar-refractivity contribution in [3.8, 4) is 5.75 Å². The molecule has 0 aliphatic rings. The van der Waals surface area contributed by atoms with Crippen molar-refractivity contribution in [3.05, 3.63) is 77.5 Å². The highest BCUT2D eigenvalue weighted by atomic mass is 16.5. The van der Waals surface area contributed by atoms with Gasteiger partial charge in [0, 0.05) is 30.1 Å². The molecule has 132 valence electrons. The molecule has 26 heavy (non-hydrogen) atoms. The largest absolute Gasteiger partial charge is 0.487 e. The molecular formula is C19H19N5O2. The molecule has 3 aromatic rings. The Morgan fingerprint density at radius 2 is 1.96 bits per heavy atom. The minimum Gasteiger partial charge on any atom is -0.487 e. The number of amides is 1. The number of nitrogens with one attached hydrogen (secondary N) is 1. The average Bonchev–Trinajstić information content (AvgIpc) is 2.67. The maximum absolute atomic E-state index is 12.2. The van der Waals surface area contributed by atoms with Crippen LogP contribution in [0.15, 0.2) is 54.9 Å². The molecule has 0 spiro atoms. The molecule has 0 saturated heterocycles. The van der Waals surface area contributed by atoms with E-state index in [0.717, 1.165) is 5.69 Å². The summed E-state index contributed by atoms with van der Waals surface area (Å²) < 4.78 is 5.66. The number of nitrogens with zero attached hydrogens (tertiary/aromatic N) is 3. The van der Waals surface area contributed by atoms with E-state index < -0.39 is 0 Å². The number of nitrogens with two attached hydrogens (primary N) is 1. The standard InChI is InChI=1S/C19H19N5O2/c1-13-22-10-15(18(20)24-13)11-23-19(25)14-5-7-17(8-6-14)26-12-16-4-2-3-9-21-16/h2-10H,11-12H2,1H3,(H,23,25)(H2,20,22,24). The number of aryl methyl sites for hydroxylation is 1. The fourth-order valence-electron chi connectivity index (χ4n) is 2.27.